The van der Waals surface area contributed by atoms with Gasteiger partial charge in [-0.05, 0) is 37.5 Å². The Morgan fingerprint density at radius 2 is 1.27 bits per heavy atom. The molecule has 130 valence electrons. The van der Waals surface area contributed by atoms with E-state index in [0.29, 0.717) is 12.2 Å². The normalized spacial score (nSPS) is 25.0. The van der Waals surface area contributed by atoms with Gasteiger partial charge in [0.15, 0.2) is 0 Å². The number of piperidine rings is 2. The molecule has 0 amide bonds. The maximum Gasteiger partial charge on any atom is 0.0603 e. The zero-order valence-corrected chi connectivity index (χ0v) is 15.4. The average Bonchev–Trinajstić information content (AvgIpc) is 2.50. The van der Waals surface area contributed by atoms with Crippen molar-refractivity contribution in [1.29, 1.82) is 0 Å². The molecule has 0 aliphatic carbocycles. The molecule has 2 aliphatic heterocycles. The lowest BCUT2D eigenvalue weighted by Gasteiger charge is -2.38. The number of ether oxygens (including phenoxy) is 1. The van der Waals surface area contributed by atoms with Gasteiger partial charge in [-0.25, -0.2) is 0 Å². The topological polar surface area (TPSA) is 15.7 Å². The summed E-state index contributed by atoms with van der Waals surface area (Å²) in [4.78, 5) is 5.25. The van der Waals surface area contributed by atoms with Crippen LogP contribution in [-0.2, 0) is 4.74 Å². The Hall–Kier alpha value is -0.120. The molecular weight excluding hydrogens is 272 g/mol. The van der Waals surface area contributed by atoms with Crippen LogP contribution in [0.15, 0.2) is 0 Å². The minimum absolute atomic E-state index is 0.523. The summed E-state index contributed by atoms with van der Waals surface area (Å²) < 4.78 is 6.41. The first-order valence-corrected chi connectivity index (χ1v) is 9.67. The van der Waals surface area contributed by atoms with Gasteiger partial charge in [-0.1, -0.05) is 34.1 Å². The molecule has 0 spiro atoms. The predicted octanol–water partition coefficient (Wildman–Crippen LogP) is 3.63. The molecule has 2 saturated heterocycles. The van der Waals surface area contributed by atoms with Crippen molar-refractivity contribution in [3.8, 4) is 0 Å². The molecule has 1 atom stereocenters. The zero-order valence-electron chi connectivity index (χ0n) is 15.4. The predicted molar refractivity (Wildman–Crippen MR) is 94.3 cm³/mol. The molecule has 0 bridgehead atoms. The molecule has 0 saturated carbocycles. The van der Waals surface area contributed by atoms with Crippen molar-refractivity contribution < 1.29 is 4.74 Å². The summed E-state index contributed by atoms with van der Waals surface area (Å²) in [6, 6.07) is 0. The van der Waals surface area contributed by atoms with Gasteiger partial charge < -0.3 is 14.5 Å². The maximum atomic E-state index is 6.41. The van der Waals surface area contributed by atoms with Crippen LogP contribution in [0.5, 0.6) is 0 Å². The Bertz CT molecular complexity index is 292. The van der Waals surface area contributed by atoms with E-state index in [4.69, 9.17) is 4.74 Å². The fraction of sp³-hybridized carbons (Fsp3) is 1.00. The Morgan fingerprint density at radius 3 is 1.68 bits per heavy atom. The third-order valence-corrected chi connectivity index (χ3v) is 5.34. The van der Waals surface area contributed by atoms with E-state index in [-0.39, 0.29) is 0 Å². The number of nitrogens with zero attached hydrogens (tertiary/aromatic N) is 2. The number of likely N-dealkylation sites (tertiary alicyclic amines) is 2. The van der Waals surface area contributed by atoms with Gasteiger partial charge in [0.05, 0.1) is 12.2 Å². The largest absolute Gasteiger partial charge is 0.375 e. The standard InChI is InChI=1S/C19H38N2O/c1-5-17(4)15-21-12-8-19(9-13-21)22-18-6-10-20(11-7-18)14-16(2)3/h16-19H,5-15H2,1-4H3. The summed E-state index contributed by atoms with van der Waals surface area (Å²) in [6.45, 7) is 16.8. The van der Waals surface area contributed by atoms with Crippen LogP contribution in [0.2, 0.25) is 0 Å². The quantitative estimate of drug-likeness (QED) is 0.714. The van der Waals surface area contributed by atoms with Crippen LogP contribution in [0.1, 0.15) is 59.8 Å². The van der Waals surface area contributed by atoms with Gasteiger partial charge in [0.25, 0.3) is 0 Å². The van der Waals surface area contributed by atoms with Gasteiger partial charge in [0.1, 0.15) is 0 Å². The molecule has 1 unspecified atom stereocenters. The van der Waals surface area contributed by atoms with Crippen LogP contribution in [0.25, 0.3) is 0 Å². The van der Waals surface area contributed by atoms with Crippen LogP contribution < -0.4 is 0 Å². The summed E-state index contributed by atoms with van der Waals surface area (Å²) in [6.07, 6.45) is 7.29. The highest BCUT2D eigenvalue weighted by Gasteiger charge is 2.26. The van der Waals surface area contributed by atoms with Crippen molar-refractivity contribution in [2.24, 2.45) is 11.8 Å². The zero-order chi connectivity index (χ0) is 15.9. The van der Waals surface area contributed by atoms with Gasteiger partial charge in [0, 0.05) is 39.3 Å². The van der Waals surface area contributed by atoms with Crippen molar-refractivity contribution in [2.75, 3.05) is 39.3 Å². The first-order chi connectivity index (χ1) is 10.6. The molecule has 0 aromatic rings. The first kappa shape index (κ1) is 18.2. The van der Waals surface area contributed by atoms with Crippen LogP contribution in [0, 0.1) is 11.8 Å². The summed E-state index contributed by atoms with van der Waals surface area (Å²) in [5.74, 6) is 1.62. The van der Waals surface area contributed by atoms with Gasteiger partial charge in [-0.15, -0.1) is 0 Å². The second kappa shape index (κ2) is 9.24. The Kier molecular flexibility index (Phi) is 7.66. The third-order valence-electron chi connectivity index (χ3n) is 5.34. The maximum absolute atomic E-state index is 6.41. The second-order valence-electron chi connectivity index (χ2n) is 8.04. The van der Waals surface area contributed by atoms with Crippen LogP contribution in [0.4, 0.5) is 0 Å². The second-order valence-corrected chi connectivity index (χ2v) is 8.04. The van der Waals surface area contributed by atoms with E-state index >= 15 is 0 Å². The monoisotopic (exact) mass is 310 g/mol. The minimum Gasteiger partial charge on any atom is -0.375 e. The Morgan fingerprint density at radius 1 is 0.818 bits per heavy atom. The molecule has 3 heteroatoms. The highest BCUT2D eigenvalue weighted by molar-refractivity contribution is 4.78. The average molecular weight is 311 g/mol. The highest BCUT2D eigenvalue weighted by atomic mass is 16.5. The Balaban J connectivity index is 1.61. The molecule has 2 heterocycles. The van der Waals surface area contributed by atoms with Crippen LogP contribution in [-0.4, -0.2) is 61.3 Å². The van der Waals surface area contributed by atoms with Crippen molar-refractivity contribution in [1.82, 2.24) is 9.80 Å². The molecule has 0 radical (unpaired) electrons. The van der Waals surface area contributed by atoms with Crippen molar-refractivity contribution in [3.63, 3.8) is 0 Å². The van der Waals surface area contributed by atoms with E-state index in [1.165, 1.54) is 71.4 Å². The SMILES string of the molecule is CCC(C)CN1CCC(OC2CCN(CC(C)C)CC2)CC1. The molecule has 2 aliphatic rings. The molecule has 0 N–H and O–H groups in total. The highest BCUT2D eigenvalue weighted by Crippen LogP contribution is 2.22. The van der Waals surface area contributed by atoms with Gasteiger partial charge in [-0.3, -0.25) is 0 Å². The number of hydrogen-bond acceptors (Lipinski definition) is 3. The number of hydrogen-bond donors (Lipinski definition) is 0. The molecule has 2 rings (SSSR count). The molecule has 3 nitrogen and oxygen atoms in total. The van der Waals surface area contributed by atoms with E-state index < -0.39 is 0 Å². The fourth-order valence-electron chi connectivity index (χ4n) is 3.81. The van der Waals surface area contributed by atoms with Gasteiger partial charge in [-0.2, -0.15) is 0 Å². The van der Waals surface area contributed by atoms with Crippen molar-refractivity contribution in [2.45, 2.75) is 72.0 Å². The van der Waals surface area contributed by atoms with E-state index in [1.54, 1.807) is 0 Å². The van der Waals surface area contributed by atoms with Crippen molar-refractivity contribution in [3.05, 3.63) is 0 Å². The first-order valence-electron chi connectivity index (χ1n) is 9.67. The third kappa shape index (κ3) is 6.17. The van der Waals surface area contributed by atoms with Crippen molar-refractivity contribution >= 4 is 0 Å². The lowest BCUT2D eigenvalue weighted by molar-refractivity contribution is -0.0665. The van der Waals surface area contributed by atoms with Gasteiger partial charge >= 0.3 is 0 Å². The lowest BCUT2D eigenvalue weighted by Crippen LogP contribution is -2.43. The van der Waals surface area contributed by atoms with E-state index in [9.17, 15) is 0 Å². The minimum atomic E-state index is 0.523. The number of rotatable bonds is 7. The summed E-state index contributed by atoms with van der Waals surface area (Å²) in [5.41, 5.74) is 0. The van der Waals surface area contributed by atoms with E-state index in [2.05, 4.69) is 37.5 Å². The Labute approximate surface area is 138 Å². The molecule has 0 aromatic carbocycles. The summed E-state index contributed by atoms with van der Waals surface area (Å²) in [5, 5.41) is 0. The van der Waals surface area contributed by atoms with E-state index in [1.807, 2.05) is 0 Å². The smallest absolute Gasteiger partial charge is 0.0603 e. The molecule has 0 aromatic heterocycles. The van der Waals surface area contributed by atoms with Gasteiger partial charge in [0.2, 0.25) is 0 Å². The van der Waals surface area contributed by atoms with Crippen LogP contribution >= 0.6 is 0 Å². The summed E-state index contributed by atoms with van der Waals surface area (Å²) in [7, 11) is 0. The molecule has 22 heavy (non-hydrogen) atoms. The van der Waals surface area contributed by atoms with E-state index in [0.717, 1.165) is 11.8 Å². The molecule has 2 fully saturated rings. The van der Waals surface area contributed by atoms with Crippen LogP contribution in [0.3, 0.4) is 0 Å². The lowest BCUT2D eigenvalue weighted by atomic mass is 10.0. The fourth-order valence-corrected chi connectivity index (χ4v) is 3.81. The molecular formula is C19H38N2O. The summed E-state index contributed by atoms with van der Waals surface area (Å²) >= 11 is 0.